The Labute approximate surface area is 180 Å². The normalized spacial score (nSPS) is 19.8. The smallest absolute Gasteiger partial charge is 0.305 e. The van der Waals surface area contributed by atoms with Gasteiger partial charge in [0.1, 0.15) is 23.4 Å². The van der Waals surface area contributed by atoms with Crippen LogP contribution in [0.4, 0.5) is 0 Å². The second-order valence-corrected chi connectivity index (χ2v) is 9.88. The predicted octanol–water partition coefficient (Wildman–Crippen LogP) is 2.78. The second-order valence-electron chi connectivity index (χ2n) is 8.79. The molecule has 30 heavy (non-hydrogen) atoms. The van der Waals surface area contributed by atoms with Crippen molar-refractivity contribution < 1.29 is 14.6 Å². The van der Waals surface area contributed by atoms with Gasteiger partial charge in [0, 0.05) is 23.9 Å². The standard InChI is InChI=1S/C22H31N3O4S/c1-3-4-19(27)29-12-15(26)10-25(14-6-7-14)11-18-23-21(28)20-16-8-5-13(2)9-17(16)30-22(20)24-18/h13-15,26H,3-12H2,1-2H3,(H,23,24,28)/t13-,15-/m0/s1. The molecule has 4 rings (SSSR count). The van der Waals surface area contributed by atoms with Crippen LogP contribution in [0, 0.1) is 5.92 Å². The number of esters is 1. The van der Waals surface area contributed by atoms with E-state index in [1.165, 1.54) is 10.4 Å². The fourth-order valence-corrected chi connectivity index (χ4v) is 5.63. The summed E-state index contributed by atoms with van der Waals surface area (Å²) in [6.07, 6.45) is 5.59. The number of rotatable bonds is 9. The molecule has 2 aromatic rings. The lowest BCUT2D eigenvalue weighted by Gasteiger charge is -2.24. The molecule has 0 radical (unpaired) electrons. The van der Waals surface area contributed by atoms with Crippen LogP contribution in [0.25, 0.3) is 10.2 Å². The molecule has 2 N–H and O–H groups in total. The Kier molecular flexibility index (Phi) is 6.55. The molecule has 0 bridgehead atoms. The number of fused-ring (bicyclic) bond motifs is 3. The van der Waals surface area contributed by atoms with E-state index in [1.807, 2.05) is 6.92 Å². The highest BCUT2D eigenvalue weighted by atomic mass is 32.1. The molecule has 2 aliphatic carbocycles. The fourth-order valence-electron chi connectivity index (χ4n) is 4.23. The maximum absolute atomic E-state index is 12.8. The number of H-pyrrole nitrogens is 1. The molecule has 2 aromatic heterocycles. The van der Waals surface area contributed by atoms with E-state index in [-0.39, 0.29) is 18.1 Å². The van der Waals surface area contributed by atoms with Crippen LogP contribution in [0.5, 0.6) is 0 Å². The average Bonchev–Trinajstić information content (AvgIpc) is 3.47. The summed E-state index contributed by atoms with van der Waals surface area (Å²) in [5.74, 6) is 1.02. The van der Waals surface area contributed by atoms with Gasteiger partial charge in [0.15, 0.2) is 0 Å². The molecule has 0 amide bonds. The minimum absolute atomic E-state index is 0.000859. The molecule has 0 saturated heterocycles. The van der Waals surface area contributed by atoms with Gasteiger partial charge in [-0.2, -0.15) is 0 Å². The Morgan fingerprint density at radius 1 is 1.40 bits per heavy atom. The van der Waals surface area contributed by atoms with Crippen LogP contribution in [-0.4, -0.2) is 51.2 Å². The Bertz CT molecular complexity index is 965. The zero-order chi connectivity index (χ0) is 21.3. The molecule has 0 unspecified atom stereocenters. The van der Waals surface area contributed by atoms with Crippen LogP contribution in [0.15, 0.2) is 4.79 Å². The quantitative estimate of drug-likeness (QED) is 0.591. The molecule has 2 heterocycles. The predicted molar refractivity (Wildman–Crippen MR) is 117 cm³/mol. The first-order valence-corrected chi connectivity index (χ1v) is 11.9. The number of ether oxygens (including phenoxy) is 1. The number of aryl methyl sites for hydroxylation is 1. The largest absolute Gasteiger partial charge is 0.463 e. The number of nitrogens with one attached hydrogen (secondary N) is 1. The third-order valence-electron chi connectivity index (χ3n) is 5.97. The second kappa shape index (κ2) is 9.16. The summed E-state index contributed by atoms with van der Waals surface area (Å²) >= 11 is 1.66. The van der Waals surface area contributed by atoms with E-state index < -0.39 is 6.10 Å². The minimum Gasteiger partial charge on any atom is -0.463 e. The number of thiophene rings is 1. The highest BCUT2D eigenvalue weighted by Crippen LogP contribution is 2.36. The third kappa shape index (κ3) is 4.92. The van der Waals surface area contributed by atoms with Crippen molar-refractivity contribution in [2.45, 2.75) is 77.5 Å². The summed E-state index contributed by atoms with van der Waals surface area (Å²) in [5.41, 5.74) is 1.14. The summed E-state index contributed by atoms with van der Waals surface area (Å²) in [6, 6.07) is 0.379. The molecule has 2 aliphatic rings. The fraction of sp³-hybridized carbons (Fsp3) is 0.682. The Morgan fingerprint density at radius 2 is 2.20 bits per heavy atom. The first-order valence-electron chi connectivity index (χ1n) is 11.1. The van der Waals surface area contributed by atoms with Gasteiger partial charge in [-0.15, -0.1) is 11.3 Å². The van der Waals surface area contributed by atoms with Crippen LogP contribution in [-0.2, 0) is 28.9 Å². The minimum atomic E-state index is -0.752. The maximum Gasteiger partial charge on any atom is 0.305 e. The molecule has 7 nitrogen and oxygen atoms in total. The van der Waals surface area contributed by atoms with Gasteiger partial charge in [0.2, 0.25) is 0 Å². The van der Waals surface area contributed by atoms with Crippen molar-refractivity contribution in [3.63, 3.8) is 0 Å². The number of aromatic amines is 1. The van der Waals surface area contributed by atoms with E-state index in [0.717, 1.165) is 48.7 Å². The number of nitrogens with zero attached hydrogens (tertiary/aromatic N) is 2. The SMILES string of the molecule is CCCC(=O)OC[C@@H](O)CN(Cc1nc2sc3c(c2c(=O)[nH]1)CC[C@H](C)C3)C1CC1. The van der Waals surface area contributed by atoms with Gasteiger partial charge in [-0.05, 0) is 50.0 Å². The van der Waals surface area contributed by atoms with E-state index in [9.17, 15) is 14.7 Å². The molecular weight excluding hydrogens is 402 g/mol. The Balaban J connectivity index is 1.46. The zero-order valence-corrected chi connectivity index (χ0v) is 18.6. The highest BCUT2D eigenvalue weighted by molar-refractivity contribution is 7.18. The van der Waals surface area contributed by atoms with Gasteiger partial charge in [-0.3, -0.25) is 14.5 Å². The molecule has 0 spiro atoms. The number of aromatic nitrogens is 2. The van der Waals surface area contributed by atoms with E-state index in [4.69, 9.17) is 9.72 Å². The zero-order valence-electron chi connectivity index (χ0n) is 17.8. The third-order valence-corrected chi connectivity index (χ3v) is 7.11. The monoisotopic (exact) mass is 433 g/mol. The molecule has 8 heteroatoms. The van der Waals surface area contributed by atoms with Gasteiger partial charge < -0.3 is 14.8 Å². The number of hydrogen-bond donors (Lipinski definition) is 2. The van der Waals surface area contributed by atoms with Gasteiger partial charge in [0.25, 0.3) is 5.56 Å². The number of hydrogen-bond acceptors (Lipinski definition) is 7. The van der Waals surface area contributed by atoms with Crippen molar-refractivity contribution in [3.05, 3.63) is 26.6 Å². The van der Waals surface area contributed by atoms with Crippen molar-refractivity contribution >= 4 is 27.5 Å². The lowest BCUT2D eigenvalue weighted by Crippen LogP contribution is -2.37. The maximum atomic E-state index is 12.8. The van der Waals surface area contributed by atoms with Gasteiger partial charge >= 0.3 is 5.97 Å². The highest BCUT2D eigenvalue weighted by Gasteiger charge is 2.31. The van der Waals surface area contributed by atoms with Crippen LogP contribution < -0.4 is 5.56 Å². The van der Waals surface area contributed by atoms with Crippen LogP contribution >= 0.6 is 11.3 Å². The van der Waals surface area contributed by atoms with Crippen LogP contribution in [0.2, 0.25) is 0 Å². The number of carbonyl (C=O) groups excluding carboxylic acids is 1. The summed E-state index contributed by atoms with van der Waals surface area (Å²) < 4.78 is 5.14. The Morgan fingerprint density at radius 3 is 2.93 bits per heavy atom. The summed E-state index contributed by atoms with van der Waals surface area (Å²) in [6.45, 7) is 5.05. The first-order chi connectivity index (χ1) is 14.4. The van der Waals surface area contributed by atoms with E-state index in [0.29, 0.717) is 37.3 Å². The number of carbonyl (C=O) groups is 1. The molecule has 164 valence electrons. The van der Waals surface area contributed by atoms with Gasteiger partial charge in [-0.1, -0.05) is 13.8 Å². The molecular formula is C22H31N3O4S. The van der Waals surface area contributed by atoms with Crippen molar-refractivity contribution in [3.8, 4) is 0 Å². The number of aliphatic hydroxyl groups excluding tert-OH is 1. The summed E-state index contributed by atoms with van der Waals surface area (Å²) in [4.78, 5) is 36.4. The van der Waals surface area contributed by atoms with Crippen molar-refractivity contribution in [1.82, 2.24) is 14.9 Å². The molecule has 0 aromatic carbocycles. The van der Waals surface area contributed by atoms with Gasteiger partial charge in [-0.25, -0.2) is 4.98 Å². The van der Waals surface area contributed by atoms with Crippen molar-refractivity contribution in [2.75, 3.05) is 13.2 Å². The summed E-state index contributed by atoms with van der Waals surface area (Å²) in [7, 11) is 0. The lowest BCUT2D eigenvalue weighted by molar-refractivity contribution is -0.147. The Hall–Kier alpha value is -1.77. The summed E-state index contributed by atoms with van der Waals surface area (Å²) in [5, 5.41) is 11.1. The molecule has 1 fully saturated rings. The molecule has 0 aliphatic heterocycles. The molecule has 1 saturated carbocycles. The van der Waals surface area contributed by atoms with E-state index in [1.54, 1.807) is 11.3 Å². The van der Waals surface area contributed by atoms with Crippen LogP contribution in [0.1, 0.15) is 62.2 Å². The average molecular weight is 434 g/mol. The van der Waals surface area contributed by atoms with Crippen molar-refractivity contribution in [2.24, 2.45) is 5.92 Å². The van der Waals surface area contributed by atoms with Crippen molar-refractivity contribution in [1.29, 1.82) is 0 Å². The molecule has 2 atom stereocenters. The first kappa shape index (κ1) is 21.5. The lowest BCUT2D eigenvalue weighted by atomic mass is 9.89. The topological polar surface area (TPSA) is 95.5 Å². The van der Waals surface area contributed by atoms with Gasteiger partial charge in [0.05, 0.1) is 11.9 Å². The number of aliphatic hydroxyl groups is 1. The van der Waals surface area contributed by atoms with E-state index in [2.05, 4.69) is 16.8 Å². The van der Waals surface area contributed by atoms with E-state index >= 15 is 0 Å². The van der Waals surface area contributed by atoms with Crippen LogP contribution in [0.3, 0.4) is 0 Å².